The third kappa shape index (κ3) is 3.52. The highest BCUT2D eigenvalue weighted by Crippen LogP contribution is 2.46. The SMILES string of the molecule is COc1cnc2cccc([C@@H](O)CN3CC4C(NCc5cc6ccccc6o5)[C@@H]4C3)c2n1. The lowest BCUT2D eigenvalue weighted by Gasteiger charge is -2.23. The highest BCUT2D eigenvalue weighted by Gasteiger charge is 2.55. The average Bonchev–Trinajstić information content (AvgIpc) is 3.15. The molecule has 1 aliphatic heterocycles. The summed E-state index contributed by atoms with van der Waals surface area (Å²) in [7, 11) is 1.57. The normalized spacial score (nSPS) is 23.5. The second-order valence-corrected chi connectivity index (χ2v) is 8.85. The van der Waals surface area contributed by atoms with Crippen molar-refractivity contribution >= 4 is 22.0 Å². The fourth-order valence-corrected chi connectivity index (χ4v) is 5.16. The van der Waals surface area contributed by atoms with Crippen molar-refractivity contribution in [1.82, 2.24) is 20.2 Å². The van der Waals surface area contributed by atoms with Crippen LogP contribution in [0.5, 0.6) is 5.88 Å². The van der Waals surface area contributed by atoms with E-state index in [-0.39, 0.29) is 0 Å². The molecule has 164 valence electrons. The van der Waals surface area contributed by atoms with E-state index in [1.54, 1.807) is 13.3 Å². The Hall–Kier alpha value is -3.00. The summed E-state index contributed by atoms with van der Waals surface area (Å²) < 4.78 is 11.1. The van der Waals surface area contributed by atoms with E-state index in [1.165, 1.54) is 0 Å². The van der Waals surface area contributed by atoms with Gasteiger partial charge in [-0.15, -0.1) is 0 Å². The number of fused-ring (bicyclic) bond motifs is 3. The number of benzene rings is 2. The van der Waals surface area contributed by atoms with E-state index >= 15 is 0 Å². The minimum absolute atomic E-state index is 0.456. The lowest BCUT2D eigenvalue weighted by atomic mass is 10.1. The van der Waals surface area contributed by atoms with Crippen LogP contribution in [0, 0.1) is 11.8 Å². The van der Waals surface area contributed by atoms with E-state index < -0.39 is 6.10 Å². The third-order valence-corrected chi connectivity index (χ3v) is 6.84. The van der Waals surface area contributed by atoms with Gasteiger partial charge in [0.05, 0.1) is 37.0 Å². The van der Waals surface area contributed by atoms with Crippen LogP contribution in [-0.2, 0) is 6.54 Å². The van der Waals surface area contributed by atoms with Crippen LogP contribution in [0.4, 0.5) is 0 Å². The smallest absolute Gasteiger partial charge is 0.232 e. The largest absolute Gasteiger partial charge is 0.480 e. The van der Waals surface area contributed by atoms with Crippen LogP contribution in [-0.4, -0.2) is 52.8 Å². The number of aliphatic hydroxyl groups excluding tert-OH is 1. The molecule has 1 aliphatic carbocycles. The van der Waals surface area contributed by atoms with Crippen molar-refractivity contribution in [2.24, 2.45) is 11.8 Å². The molecule has 1 saturated heterocycles. The van der Waals surface area contributed by atoms with Crippen LogP contribution in [0.2, 0.25) is 0 Å². The lowest BCUT2D eigenvalue weighted by Crippen LogP contribution is -2.33. The van der Waals surface area contributed by atoms with Gasteiger partial charge in [0, 0.05) is 36.6 Å². The monoisotopic (exact) mass is 430 g/mol. The summed E-state index contributed by atoms with van der Waals surface area (Å²) in [6.45, 7) is 3.35. The van der Waals surface area contributed by atoms with E-state index in [0.29, 0.717) is 35.8 Å². The summed E-state index contributed by atoms with van der Waals surface area (Å²) in [5.41, 5.74) is 3.21. The van der Waals surface area contributed by atoms with Gasteiger partial charge < -0.3 is 19.6 Å². The number of piperidine rings is 1. The van der Waals surface area contributed by atoms with Gasteiger partial charge in [0.2, 0.25) is 5.88 Å². The van der Waals surface area contributed by atoms with Gasteiger partial charge in [-0.1, -0.05) is 30.3 Å². The van der Waals surface area contributed by atoms with Crippen LogP contribution in [0.1, 0.15) is 17.4 Å². The Labute approximate surface area is 186 Å². The molecule has 3 heterocycles. The predicted octanol–water partition coefficient (Wildman–Crippen LogP) is 3.14. The number of methoxy groups -OCH3 is 1. The van der Waals surface area contributed by atoms with E-state index in [2.05, 4.69) is 32.3 Å². The Morgan fingerprint density at radius 1 is 1.19 bits per heavy atom. The van der Waals surface area contributed by atoms with Crippen LogP contribution in [0.3, 0.4) is 0 Å². The van der Waals surface area contributed by atoms with Crippen molar-refractivity contribution in [2.45, 2.75) is 18.7 Å². The number of likely N-dealkylation sites (tertiary alicyclic amines) is 1. The molecule has 32 heavy (non-hydrogen) atoms. The van der Waals surface area contributed by atoms with E-state index in [9.17, 15) is 5.11 Å². The Morgan fingerprint density at radius 3 is 2.84 bits per heavy atom. The quantitative estimate of drug-likeness (QED) is 0.466. The maximum atomic E-state index is 11.0. The van der Waals surface area contributed by atoms with Gasteiger partial charge in [-0.2, -0.15) is 0 Å². The first-order chi connectivity index (χ1) is 15.7. The maximum absolute atomic E-state index is 11.0. The van der Waals surface area contributed by atoms with Gasteiger partial charge in [-0.3, -0.25) is 4.90 Å². The zero-order valence-electron chi connectivity index (χ0n) is 17.9. The molecule has 2 unspecified atom stereocenters. The van der Waals surface area contributed by atoms with Gasteiger partial charge in [-0.25, -0.2) is 9.97 Å². The number of rotatable bonds is 7. The van der Waals surface area contributed by atoms with Crippen molar-refractivity contribution in [1.29, 1.82) is 0 Å². The number of β-amino-alcohol motifs (C(OH)–C–C–N with tert-alkyl or cyclic N) is 1. The van der Waals surface area contributed by atoms with Gasteiger partial charge in [0.1, 0.15) is 11.3 Å². The first kappa shape index (κ1) is 19.7. The third-order valence-electron chi connectivity index (χ3n) is 6.84. The second-order valence-electron chi connectivity index (χ2n) is 8.85. The molecule has 4 aromatic rings. The molecule has 4 atom stereocenters. The van der Waals surface area contributed by atoms with Crippen molar-refractivity contribution < 1.29 is 14.3 Å². The Bertz CT molecular complexity index is 1230. The molecule has 7 heteroatoms. The van der Waals surface area contributed by atoms with Crippen LogP contribution in [0.15, 0.2) is 59.1 Å². The summed E-state index contributed by atoms with van der Waals surface area (Å²) in [5, 5.41) is 15.8. The molecule has 2 aromatic heterocycles. The van der Waals surface area contributed by atoms with Crippen molar-refractivity contribution in [3.8, 4) is 5.88 Å². The number of nitrogens with zero attached hydrogens (tertiary/aromatic N) is 3. The van der Waals surface area contributed by atoms with E-state index in [0.717, 1.165) is 47.4 Å². The molecule has 7 nitrogen and oxygen atoms in total. The summed E-state index contributed by atoms with van der Waals surface area (Å²) in [6, 6.07) is 16.5. The molecule has 0 amide bonds. The molecule has 0 radical (unpaired) electrons. The fraction of sp³-hybridized carbons (Fsp3) is 0.360. The van der Waals surface area contributed by atoms with Crippen LogP contribution in [0.25, 0.3) is 22.0 Å². The number of nitrogens with one attached hydrogen (secondary N) is 1. The minimum Gasteiger partial charge on any atom is -0.480 e. The number of aromatic nitrogens is 2. The molecule has 2 aromatic carbocycles. The Balaban J connectivity index is 1.05. The number of aliphatic hydroxyl groups is 1. The predicted molar refractivity (Wildman–Crippen MR) is 121 cm³/mol. The maximum Gasteiger partial charge on any atom is 0.232 e. The number of para-hydroxylation sites is 2. The zero-order chi connectivity index (χ0) is 21.7. The fourth-order valence-electron chi connectivity index (χ4n) is 5.16. The Morgan fingerprint density at radius 2 is 2.03 bits per heavy atom. The van der Waals surface area contributed by atoms with E-state index in [1.807, 2.05) is 36.4 Å². The molecule has 0 bridgehead atoms. The van der Waals surface area contributed by atoms with Crippen molar-refractivity contribution in [3.05, 3.63) is 66.1 Å². The molecule has 2 N–H and O–H groups in total. The molecular formula is C25H26N4O3. The summed E-state index contributed by atoms with van der Waals surface area (Å²) in [6.07, 6.45) is 0.991. The second kappa shape index (κ2) is 7.85. The highest BCUT2D eigenvalue weighted by molar-refractivity contribution is 5.79. The van der Waals surface area contributed by atoms with Gasteiger partial charge in [0.25, 0.3) is 0 Å². The van der Waals surface area contributed by atoms with Crippen molar-refractivity contribution in [2.75, 3.05) is 26.7 Å². The molecule has 6 rings (SSSR count). The highest BCUT2D eigenvalue weighted by atomic mass is 16.5. The number of hydrogen-bond acceptors (Lipinski definition) is 7. The topological polar surface area (TPSA) is 83.7 Å². The van der Waals surface area contributed by atoms with Gasteiger partial charge in [-0.05, 0) is 30.0 Å². The molecule has 1 saturated carbocycles. The molecule has 2 aliphatic rings. The van der Waals surface area contributed by atoms with Crippen LogP contribution < -0.4 is 10.1 Å². The summed E-state index contributed by atoms with van der Waals surface area (Å²) in [4.78, 5) is 11.3. The molecule has 2 fully saturated rings. The van der Waals surface area contributed by atoms with Crippen LogP contribution >= 0.6 is 0 Å². The Kier molecular flexibility index (Phi) is 4.82. The zero-order valence-corrected chi connectivity index (χ0v) is 17.9. The molecule has 0 spiro atoms. The van der Waals surface area contributed by atoms with E-state index in [4.69, 9.17) is 9.15 Å². The first-order valence-electron chi connectivity index (χ1n) is 11.1. The summed E-state index contributed by atoms with van der Waals surface area (Å²) in [5.74, 6) is 2.71. The number of ether oxygens (including phenoxy) is 1. The van der Waals surface area contributed by atoms with Gasteiger partial charge in [0.15, 0.2) is 0 Å². The standard InChI is InChI=1S/C25H26N4O3/c1-31-23-11-26-20-7-4-6-17(25(20)28-23)21(30)14-29-12-18-19(13-29)24(18)27-10-16-9-15-5-2-3-8-22(15)32-16/h2-9,11,18-19,21,24,27,30H,10,12-14H2,1H3/t18-,19?,21+,24?/m1/s1. The summed E-state index contributed by atoms with van der Waals surface area (Å²) >= 11 is 0. The lowest BCUT2D eigenvalue weighted by molar-refractivity contribution is 0.119. The average molecular weight is 431 g/mol. The van der Waals surface area contributed by atoms with Crippen molar-refractivity contribution in [3.63, 3.8) is 0 Å². The minimum atomic E-state index is -0.612. The first-order valence-corrected chi connectivity index (χ1v) is 11.1. The molecular weight excluding hydrogens is 404 g/mol. The number of hydrogen-bond donors (Lipinski definition) is 2. The number of furan rings is 1. The van der Waals surface area contributed by atoms with Gasteiger partial charge >= 0.3 is 0 Å².